The molecule has 3 rings (SSSR count). The maximum absolute atomic E-state index is 11.3. The van der Waals surface area contributed by atoms with E-state index in [9.17, 15) is 10.1 Å². The number of aromatic nitrogens is 1. The van der Waals surface area contributed by atoms with Crippen LogP contribution in [-0.2, 0) is 4.79 Å². The first-order chi connectivity index (χ1) is 12.6. The van der Waals surface area contributed by atoms with Crippen LogP contribution in [0, 0.1) is 17.2 Å². The van der Waals surface area contributed by atoms with Crippen molar-refractivity contribution in [2.75, 3.05) is 25.1 Å². The number of benzene rings is 1. The van der Waals surface area contributed by atoms with Crippen molar-refractivity contribution >= 4 is 23.9 Å². The van der Waals surface area contributed by atoms with Crippen LogP contribution in [-0.4, -0.2) is 31.1 Å². The molecule has 1 aliphatic heterocycles. The third-order valence-electron chi connectivity index (χ3n) is 4.43. The Morgan fingerprint density at radius 2 is 2.19 bits per heavy atom. The lowest BCUT2D eigenvalue weighted by atomic mass is 9.96. The van der Waals surface area contributed by atoms with E-state index in [4.69, 9.17) is 14.9 Å². The van der Waals surface area contributed by atoms with E-state index in [0.29, 0.717) is 37.7 Å². The SMILES string of the molecule is COc1cccc(C=Cc2nc(C#N)c(N3CCC(C(N)=O)CC3)o2)c1. The third-order valence-corrected chi connectivity index (χ3v) is 4.43. The Morgan fingerprint density at radius 3 is 2.85 bits per heavy atom. The normalized spacial score (nSPS) is 15.2. The van der Waals surface area contributed by atoms with Gasteiger partial charge in [-0.15, -0.1) is 0 Å². The Hall–Kier alpha value is -3.27. The lowest BCUT2D eigenvalue weighted by Gasteiger charge is -2.30. The van der Waals surface area contributed by atoms with Gasteiger partial charge < -0.3 is 19.8 Å². The Balaban J connectivity index is 1.76. The average Bonchev–Trinajstić information content (AvgIpc) is 3.10. The van der Waals surface area contributed by atoms with Crippen LogP contribution >= 0.6 is 0 Å². The molecule has 7 nitrogen and oxygen atoms in total. The second-order valence-corrected chi connectivity index (χ2v) is 6.09. The van der Waals surface area contributed by atoms with Gasteiger partial charge in [0.05, 0.1) is 7.11 Å². The lowest BCUT2D eigenvalue weighted by molar-refractivity contribution is -0.122. The summed E-state index contributed by atoms with van der Waals surface area (Å²) in [6.07, 6.45) is 4.86. The van der Waals surface area contributed by atoms with E-state index in [1.807, 2.05) is 35.2 Å². The number of nitrogens with two attached hydrogens (primary N) is 1. The van der Waals surface area contributed by atoms with E-state index < -0.39 is 0 Å². The number of carbonyl (C=O) groups excluding carboxylic acids is 1. The molecule has 1 aromatic heterocycles. The molecule has 0 bridgehead atoms. The zero-order valence-corrected chi connectivity index (χ0v) is 14.5. The Kier molecular flexibility index (Phi) is 5.23. The summed E-state index contributed by atoms with van der Waals surface area (Å²) in [4.78, 5) is 17.5. The van der Waals surface area contributed by atoms with Crippen molar-refractivity contribution in [3.63, 3.8) is 0 Å². The molecular formula is C19H20N4O3. The fourth-order valence-corrected chi connectivity index (χ4v) is 2.97. The number of methoxy groups -OCH3 is 1. The fourth-order valence-electron chi connectivity index (χ4n) is 2.97. The molecule has 134 valence electrons. The number of anilines is 1. The van der Waals surface area contributed by atoms with E-state index in [-0.39, 0.29) is 17.5 Å². The quantitative estimate of drug-likeness (QED) is 0.886. The second kappa shape index (κ2) is 7.74. The largest absolute Gasteiger partial charge is 0.497 e. The number of piperidine rings is 1. The Bertz CT molecular complexity index is 858. The molecule has 7 heteroatoms. The molecule has 26 heavy (non-hydrogen) atoms. The third kappa shape index (κ3) is 3.86. The lowest BCUT2D eigenvalue weighted by Crippen LogP contribution is -2.38. The average molecular weight is 352 g/mol. The molecule has 1 aromatic carbocycles. The standard InChI is InChI=1S/C19H20N4O3/c1-25-15-4-2-3-13(11-15)5-6-17-22-16(12-20)19(26-17)23-9-7-14(8-10-23)18(21)24/h2-6,11,14H,7-10H2,1H3,(H2,21,24). The number of nitrogens with zero attached hydrogens (tertiary/aromatic N) is 3. The van der Waals surface area contributed by atoms with E-state index in [2.05, 4.69) is 11.1 Å². The van der Waals surface area contributed by atoms with Crippen molar-refractivity contribution in [2.45, 2.75) is 12.8 Å². The second-order valence-electron chi connectivity index (χ2n) is 6.09. The van der Waals surface area contributed by atoms with Gasteiger partial charge >= 0.3 is 0 Å². The van der Waals surface area contributed by atoms with Crippen LogP contribution in [0.2, 0.25) is 0 Å². The topological polar surface area (TPSA) is 105 Å². The van der Waals surface area contributed by atoms with Crippen molar-refractivity contribution in [1.29, 1.82) is 5.26 Å². The van der Waals surface area contributed by atoms with E-state index in [1.54, 1.807) is 13.2 Å². The predicted octanol–water partition coefficient (Wildman–Crippen LogP) is 2.43. The van der Waals surface area contributed by atoms with Gasteiger partial charge in [0.25, 0.3) is 0 Å². The van der Waals surface area contributed by atoms with Gasteiger partial charge in [0.15, 0.2) is 0 Å². The number of oxazole rings is 1. The van der Waals surface area contributed by atoms with Gasteiger partial charge in [-0.3, -0.25) is 4.79 Å². The van der Waals surface area contributed by atoms with Crippen LogP contribution < -0.4 is 15.4 Å². The molecule has 1 fully saturated rings. The van der Waals surface area contributed by atoms with Crippen LogP contribution in [0.3, 0.4) is 0 Å². The molecule has 2 N–H and O–H groups in total. The Labute approximate surface area is 151 Å². The molecule has 0 atom stereocenters. The number of rotatable bonds is 5. The first-order valence-corrected chi connectivity index (χ1v) is 8.38. The van der Waals surface area contributed by atoms with Gasteiger partial charge in [-0.2, -0.15) is 10.2 Å². The number of hydrogen-bond donors (Lipinski definition) is 1. The number of amides is 1. The van der Waals surface area contributed by atoms with Crippen LogP contribution in [0.15, 0.2) is 28.7 Å². The molecule has 0 unspecified atom stereocenters. The maximum atomic E-state index is 11.3. The van der Waals surface area contributed by atoms with Gasteiger partial charge in [0.2, 0.25) is 23.4 Å². The highest BCUT2D eigenvalue weighted by Gasteiger charge is 2.27. The van der Waals surface area contributed by atoms with Crippen LogP contribution in [0.1, 0.15) is 30.0 Å². The number of hydrogen-bond acceptors (Lipinski definition) is 6. The van der Waals surface area contributed by atoms with E-state index in [1.165, 1.54) is 0 Å². The molecule has 1 aliphatic rings. The first kappa shape index (κ1) is 17.5. The van der Waals surface area contributed by atoms with E-state index >= 15 is 0 Å². The minimum Gasteiger partial charge on any atom is -0.497 e. The minimum absolute atomic E-state index is 0.118. The van der Waals surface area contributed by atoms with Crippen molar-refractivity contribution in [1.82, 2.24) is 4.98 Å². The summed E-state index contributed by atoms with van der Waals surface area (Å²) >= 11 is 0. The Morgan fingerprint density at radius 1 is 1.42 bits per heavy atom. The van der Waals surface area contributed by atoms with Gasteiger partial charge in [-0.25, -0.2) is 0 Å². The number of nitriles is 1. The van der Waals surface area contributed by atoms with Crippen molar-refractivity contribution in [3.8, 4) is 11.8 Å². The summed E-state index contributed by atoms with van der Waals surface area (Å²) in [5.41, 5.74) is 6.54. The number of ether oxygens (including phenoxy) is 1. The molecule has 2 heterocycles. The smallest absolute Gasteiger partial charge is 0.235 e. The number of carbonyl (C=O) groups is 1. The maximum Gasteiger partial charge on any atom is 0.235 e. The molecule has 0 radical (unpaired) electrons. The van der Waals surface area contributed by atoms with Crippen molar-refractivity contribution in [2.24, 2.45) is 11.7 Å². The molecule has 0 spiro atoms. The minimum atomic E-state index is -0.273. The molecule has 1 amide bonds. The molecule has 1 saturated heterocycles. The summed E-state index contributed by atoms with van der Waals surface area (Å²) in [5, 5.41) is 9.34. The highest BCUT2D eigenvalue weighted by Crippen LogP contribution is 2.28. The summed E-state index contributed by atoms with van der Waals surface area (Å²) in [7, 11) is 1.61. The molecular weight excluding hydrogens is 332 g/mol. The molecule has 0 aliphatic carbocycles. The predicted molar refractivity (Wildman–Crippen MR) is 97.3 cm³/mol. The van der Waals surface area contributed by atoms with Crippen LogP contribution in [0.4, 0.5) is 5.88 Å². The van der Waals surface area contributed by atoms with Gasteiger partial charge in [0.1, 0.15) is 11.8 Å². The van der Waals surface area contributed by atoms with Gasteiger partial charge in [-0.05, 0) is 36.6 Å². The zero-order chi connectivity index (χ0) is 18.5. The summed E-state index contributed by atoms with van der Waals surface area (Å²) in [6.45, 7) is 1.22. The zero-order valence-electron chi connectivity index (χ0n) is 14.5. The van der Waals surface area contributed by atoms with Gasteiger partial charge in [-0.1, -0.05) is 12.1 Å². The summed E-state index contributed by atoms with van der Waals surface area (Å²) in [6, 6.07) is 9.65. The van der Waals surface area contributed by atoms with Crippen molar-refractivity contribution < 1.29 is 13.9 Å². The van der Waals surface area contributed by atoms with Gasteiger partial charge in [0, 0.05) is 25.1 Å². The summed E-state index contributed by atoms with van der Waals surface area (Å²) in [5.74, 6) is 1.17. The van der Waals surface area contributed by atoms with E-state index in [0.717, 1.165) is 11.3 Å². The monoisotopic (exact) mass is 352 g/mol. The molecule has 0 saturated carbocycles. The van der Waals surface area contributed by atoms with Crippen LogP contribution in [0.25, 0.3) is 12.2 Å². The first-order valence-electron chi connectivity index (χ1n) is 8.38. The highest BCUT2D eigenvalue weighted by atomic mass is 16.5. The van der Waals surface area contributed by atoms with Crippen LogP contribution in [0.5, 0.6) is 5.75 Å². The highest BCUT2D eigenvalue weighted by molar-refractivity contribution is 5.77. The summed E-state index contributed by atoms with van der Waals surface area (Å²) < 4.78 is 11.0. The number of primary amides is 1. The molecule has 2 aromatic rings. The van der Waals surface area contributed by atoms with Crippen molar-refractivity contribution in [3.05, 3.63) is 41.4 Å². The fraction of sp³-hybridized carbons (Fsp3) is 0.316.